The molecule has 3 saturated carbocycles. The van der Waals surface area contributed by atoms with Gasteiger partial charge >= 0.3 is 5.97 Å². The van der Waals surface area contributed by atoms with Crippen molar-refractivity contribution in [2.45, 2.75) is 50.2 Å². The Morgan fingerprint density at radius 1 is 1.16 bits per heavy atom. The third-order valence-corrected chi connectivity index (χ3v) is 7.98. The van der Waals surface area contributed by atoms with Crippen molar-refractivity contribution in [1.82, 2.24) is 15.2 Å². The maximum Gasteiger partial charge on any atom is 0.330 e. The summed E-state index contributed by atoms with van der Waals surface area (Å²) in [6, 6.07) is 9.05. The first-order valence-electron chi connectivity index (χ1n) is 14.1. The number of nitrogens with one attached hydrogen (secondary N) is 3. The Kier molecular flexibility index (Phi) is 8.38. The summed E-state index contributed by atoms with van der Waals surface area (Å²) < 4.78 is 11.6. The van der Waals surface area contributed by atoms with Crippen molar-refractivity contribution in [2.75, 3.05) is 31.4 Å². The van der Waals surface area contributed by atoms with E-state index >= 15 is 0 Å². The largest absolute Gasteiger partial charge is 0.466 e. The minimum atomic E-state index is -1.08. The molecule has 226 valence electrons. The molecule has 3 aliphatic rings. The molecule has 3 aromatic rings. The number of amides is 3. The number of furan rings is 1. The standard InChI is InChI=1S/C31H35N5O7/c1-35(2)21-11-10-20-13-25(43-24(20)14-21)29(40)32-22(7-4-5-9-27(38)42-3)28(39)33-23-8-6-12-36(30(23)41)18-26(37)34-31-15-19(16-31)17-31/h5-6,8-14,19,22H,4,7,15-18H2,1-3H3,(H,32,40)(H,33,39)(H,34,37)/b9-5+/t19?,22-,31?/m0/s1. The summed E-state index contributed by atoms with van der Waals surface area (Å²) in [5.41, 5.74) is 0.720. The van der Waals surface area contributed by atoms with Gasteiger partial charge in [0.2, 0.25) is 11.8 Å². The molecule has 3 amide bonds. The molecule has 1 atom stereocenters. The molecule has 3 N–H and O–H groups in total. The Bertz CT molecular complexity index is 1640. The maximum absolute atomic E-state index is 13.4. The normalized spacial score (nSPS) is 19.2. The molecule has 2 aromatic heterocycles. The maximum atomic E-state index is 13.4. The van der Waals surface area contributed by atoms with Crippen molar-refractivity contribution in [3.05, 3.63) is 70.9 Å². The van der Waals surface area contributed by atoms with Crippen molar-refractivity contribution >= 4 is 46.0 Å². The van der Waals surface area contributed by atoms with E-state index in [0.29, 0.717) is 11.5 Å². The molecule has 43 heavy (non-hydrogen) atoms. The predicted molar refractivity (Wildman–Crippen MR) is 160 cm³/mol. The van der Waals surface area contributed by atoms with E-state index < -0.39 is 29.4 Å². The van der Waals surface area contributed by atoms with Gasteiger partial charge < -0.3 is 34.6 Å². The summed E-state index contributed by atoms with van der Waals surface area (Å²) >= 11 is 0. The lowest BCUT2D eigenvalue weighted by atomic mass is 9.50. The highest BCUT2D eigenvalue weighted by atomic mass is 16.5. The molecule has 3 fully saturated rings. The average Bonchev–Trinajstić information content (AvgIpc) is 3.37. The molecule has 0 spiro atoms. The summed E-state index contributed by atoms with van der Waals surface area (Å²) in [4.78, 5) is 65.6. The smallest absolute Gasteiger partial charge is 0.330 e. The fourth-order valence-corrected chi connectivity index (χ4v) is 5.52. The second kappa shape index (κ2) is 12.2. The zero-order chi connectivity index (χ0) is 30.7. The van der Waals surface area contributed by atoms with Crippen LogP contribution in [-0.4, -0.2) is 61.0 Å². The molecule has 12 nitrogen and oxygen atoms in total. The number of fused-ring (bicyclic) bond motifs is 1. The van der Waals surface area contributed by atoms with Crippen molar-refractivity contribution < 1.29 is 28.3 Å². The van der Waals surface area contributed by atoms with Crippen molar-refractivity contribution in [1.29, 1.82) is 0 Å². The topological polar surface area (TPSA) is 152 Å². The average molecular weight is 590 g/mol. The summed E-state index contributed by atoms with van der Waals surface area (Å²) in [5, 5.41) is 9.03. The van der Waals surface area contributed by atoms with Crippen LogP contribution in [0.15, 0.2) is 64.0 Å². The molecular formula is C31H35N5O7. The van der Waals surface area contributed by atoms with Gasteiger partial charge in [0, 0.05) is 49.0 Å². The van der Waals surface area contributed by atoms with Crippen LogP contribution in [-0.2, 0) is 25.7 Å². The monoisotopic (exact) mass is 589 g/mol. The molecule has 6 rings (SSSR count). The Morgan fingerprint density at radius 2 is 1.93 bits per heavy atom. The predicted octanol–water partition coefficient (Wildman–Crippen LogP) is 2.58. The fraction of sp³-hybridized carbons (Fsp3) is 0.387. The first-order valence-corrected chi connectivity index (χ1v) is 14.1. The van der Waals surface area contributed by atoms with Gasteiger partial charge in [0.05, 0.1) is 7.11 Å². The Hall–Kier alpha value is -4.87. The van der Waals surface area contributed by atoms with E-state index in [9.17, 15) is 24.0 Å². The minimum Gasteiger partial charge on any atom is -0.466 e. The van der Waals surface area contributed by atoms with Gasteiger partial charge in [-0.1, -0.05) is 6.08 Å². The number of aromatic nitrogens is 1. The van der Waals surface area contributed by atoms with Crippen LogP contribution in [0.3, 0.4) is 0 Å². The number of ether oxygens (including phenoxy) is 1. The van der Waals surface area contributed by atoms with E-state index in [1.165, 1.54) is 36.1 Å². The van der Waals surface area contributed by atoms with Crippen LogP contribution in [0.1, 0.15) is 42.7 Å². The van der Waals surface area contributed by atoms with Gasteiger partial charge in [0.25, 0.3) is 11.5 Å². The second-order valence-corrected chi connectivity index (χ2v) is 11.4. The Balaban J connectivity index is 1.29. The molecule has 0 unspecified atom stereocenters. The Labute approximate surface area is 248 Å². The molecule has 1 aromatic carbocycles. The van der Waals surface area contributed by atoms with Crippen LogP contribution in [0.4, 0.5) is 11.4 Å². The van der Waals surface area contributed by atoms with Gasteiger partial charge in [-0.05, 0) is 68.4 Å². The number of rotatable bonds is 12. The van der Waals surface area contributed by atoms with Crippen LogP contribution in [0.25, 0.3) is 11.0 Å². The summed E-state index contributed by atoms with van der Waals surface area (Å²) in [6.45, 7) is -0.172. The van der Waals surface area contributed by atoms with Crippen LogP contribution in [0.2, 0.25) is 0 Å². The number of hydrogen-bond acceptors (Lipinski definition) is 8. The van der Waals surface area contributed by atoms with E-state index in [1.807, 2.05) is 37.2 Å². The SMILES string of the molecule is COC(=O)/C=C/CC[C@H](NC(=O)c1cc2ccc(N(C)C)cc2o1)C(=O)Nc1cccn(CC(=O)NC23CC(C2)C3)c1=O. The van der Waals surface area contributed by atoms with Gasteiger partial charge in [-0.25, -0.2) is 4.79 Å². The van der Waals surface area contributed by atoms with Crippen LogP contribution in [0, 0.1) is 5.92 Å². The van der Waals surface area contributed by atoms with Gasteiger partial charge in [0.15, 0.2) is 5.76 Å². The van der Waals surface area contributed by atoms with Gasteiger partial charge in [0.1, 0.15) is 23.9 Å². The zero-order valence-corrected chi connectivity index (χ0v) is 24.3. The van der Waals surface area contributed by atoms with Gasteiger partial charge in [-0.15, -0.1) is 0 Å². The third-order valence-electron chi connectivity index (χ3n) is 7.98. The van der Waals surface area contributed by atoms with E-state index in [2.05, 4.69) is 20.7 Å². The van der Waals surface area contributed by atoms with E-state index in [1.54, 1.807) is 12.1 Å². The molecule has 0 radical (unpaired) electrons. The summed E-state index contributed by atoms with van der Waals surface area (Å²) in [5.74, 6) is -1.34. The van der Waals surface area contributed by atoms with E-state index in [4.69, 9.17) is 4.42 Å². The van der Waals surface area contributed by atoms with Crippen molar-refractivity contribution in [2.24, 2.45) is 5.92 Å². The van der Waals surface area contributed by atoms with Crippen molar-refractivity contribution in [3.8, 4) is 0 Å². The number of benzene rings is 1. The number of pyridine rings is 1. The fourth-order valence-electron chi connectivity index (χ4n) is 5.52. The quantitative estimate of drug-likeness (QED) is 0.215. The van der Waals surface area contributed by atoms with Crippen LogP contribution < -0.4 is 26.4 Å². The van der Waals surface area contributed by atoms with Gasteiger partial charge in [-0.3, -0.25) is 19.2 Å². The Morgan fingerprint density at radius 3 is 2.60 bits per heavy atom. The molecular weight excluding hydrogens is 554 g/mol. The number of carbonyl (C=O) groups is 4. The lowest BCUT2D eigenvalue weighted by Gasteiger charge is -2.61. The third kappa shape index (κ3) is 6.63. The molecule has 2 bridgehead atoms. The summed E-state index contributed by atoms with van der Waals surface area (Å²) in [7, 11) is 5.04. The molecule has 0 saturated heterocycles. The van der Waals surface area contributed by atoms with Crippen molar-refractivity contribution in [3.63, 3.8) is 0 Å². The highest BCUT2D eigenvalue weighted by Gasteiger charge is 2.57. The first kappa shape index (κ1) is 29.6. The summed E-state index contributed by atoms with van der Waals surface area (Å²) in [6.07, 6.45) is 7.56. The second-order valence-electron chi connectivity index (χ2n) is 11.4. The minimum absolute atomic E-state index is 0.0191. The van der Waals surface area contributed by atoms with Crippen LogP contribution >= 0.6 is 0 Å². The number of hydrogen-bond donors (Lipinski definition) is 3. The molecule has 3 aliphatic carbocycles. The zero-order valence-electron chi connectivity index (χ0n) is 24.3. The number of carbonyl (C=O) groups excluding carboxylic acids is 4. The number of methoxy groups -OCH3 is 1. The highest BCUT2D eigenvalue weighted by molar-refractivity contribution is 6.01. The highest BCUT2D eigenvalue weighted by Crippen LogP contribution is 2.56. The van der Waals surface area contributed by atoms with E-state index in [0.717, 1.165) is 30.3 Å². The van der Waals surface area contributed by atoms with Crippen LogP contribution in [0.5, 0.6) is 0 Å². The number of nitrogens with zero attached hydrogens (tertiary/aromatic N) is 2. The first-order chi connectivity index (χ1) is 20.6. The molecule has 12 heteroatoms. The van der Waals surface area contributed by atoms with E-state index in [-0.39, 0.29) is 42.3 Å². The lowest BCUT2D eigenvalue weighted by Crippen LogP contribution is -2.68. The number of allylic oxidation sites excluding steroid dienone is 1. The van der Waals surface area contributed by atoms with Gasteiger partial charge in [-0.2, -0.15) is 0 Å². The number of esters is 1. The molecule has 0 aliphatic heterocycles. The molecule has 2 heterocycles. The number of anilines is 2. The lowest BCUT2D eigenvalue weighted by molar-refractivity contribution is -0.135.